The van der Waals surface area contributed by atoms with Gasteiger partial charge in [-0.1, -0.05) is 97.9 Å². The maximum Gasteiger partial charge on any atom is 0.123 e. The van der Waals surface area contributed by atoms with Crippen LogP contribution in [0.4, 0.5) is 0 Å². The van der Waals surface area contributed by atoms with Crippen molar-refractivity contribution in [2.24, 2.45) is 0 Å². The number of phenolic OH excluding ortho intramolecular Hbond substituents is 4. The fourth-order valence-electron chi connectivity index (χ4n) is 6.58. The monoisotopic (exact) mass is 628 g/mol. The first-order chi connectivity index (χ1) is 22.3. The molecular weight excluding hydrogens is 580 g/mol. The average Bonchev–Trinajstić information content (AvgIpc) is 3.03. The Morgan fingerprint density at radius 1 is 0.362 bits per heavy atom. The lowest BCUT2D eigenvalue weighted by Gasteiger charge is -2.26. The predicted molar refractivity (Wildman–Crippen MR) is 194 cm³/mol. The molecule has 0 heterocycles. The predicted octanol–water partition coefficient (Wildman–Crippen LogP) is 11.5. The van der Waals surface area contributed by atoms with E-state index in [9.17, 15) is 20.4 Å². The van der Waals surface area contributed by atoms with E-state index < -0.39 is 5.92 Å². The van der Waals surface area contributed by atoms with Crippen LogP contribution in [0.5, 0.6) is 23.0 Å². The SMILES string of the molecule is CC(C)c1cc(-c2cc(C(C)C)c(O)c(C(c3ccccc3)c3cc(-c4ccc(O)c(C(C)C)c4)cc(C(C)C)c3O)c2)ccc1O. The molecule has 4 heteroatoms. The first-order valence-electron chi connectivity index (χ1n) is 16.7. The molecule has 0 amide bonds. The molecule has 0 unspecified atom stereocenters. The molecule has 0 atom stereocenters. The minimum Gasteiger partial charge on any atom is -0.508 e. The lowest BCUT2D eigenvalue weighted by atomic mass is 9.78. The normalized spacial score (nSPS) is 11.9. The zero-order valence-electron chi connectivity index (χ0n) is 28.8. The molecule has 4 nitrogen and oxygen atoms in total. The van der Waals surface area contributed by atoms with Gasteiger partial charge in [0.2, 0.25) is 0 Å². The van der Waals surface area contributed by atoms with Gasteiger partial charge in [-0.3, -0.25) is 0 Å². The molecule has 5 aromatic rings. The molecule has 0 aliphatic heterocycles. The fraction of sp³-hybridized carbons (Fsp3) is 0.302. The minimum atomic E-state index is -0.491. The Bertz CT molecular complexity index is 1760. The van der Waals surface area contributed by atoms with Gasteiger partial charge < -0.3 is 20.4 Å². The van der Waals surface area contributed by atoms with Crippen LogP contribution in [0, 0.1) is 0 Å². The van der Waals surface area contributed by atoms with Crippen molar-refractivity contribution in [1.82, 2.24) is 0 Å². The third kappa shape index (κ3) is 6.74. The van der Waals surface area contributed by atoms with Crippen molar-refractivity contribution < 1.29 is 20.4 Å². The average molecular weight is 629 g/mol. The highest BCUT2D eigenvalue weighted by Crippen LogP contribution is 2.48. The molecule has 5 rings (SSSR count). The van der Waals surface area contributed by atoms with E-state index in [1.165, 1.54) is 0 Å². The van der Waals surface area contributed by atoms with E-state index in [1.54, 1.807) is 12.1 Å². The lowest BCUT2D eigenvalue weighted by molar-refractivity contribution is 0.448. The number of phenols is 4. The van der Waals surface area contributed by atoms with E-state index in [2.05, 4.69) is 55.4 Å². The van der Waals surface area contributed by atoms with Crippen molar-refractivity contribution in [3.05, 3.63) is 130 Å². The summed E-state index contributed by atoms with van der Waals surface area (Å²) >= 11 is 0. The van der Waals surface area contributed by atoms with Crippen LogP contribution < -0.4 is 0 Å². The summed E-state index contributed by atoms with van der Waals surface area (Å²) in [7, 11) is 0. The number of hydrogen-bond acceptors (Lipinski definition) is 4. The number of hydrogen-bond donors (Lipinski definition) is 4. The van der Waals surface area contributed by atoms with Gasteiger partial charge in [0.25, 0.3) is 0 Å². The summed E-state index contributed by atoms with van der Waals surface area (Å²) in [5.74, 6) is 0.810. The van der Waals surface area contributed by atoms with Gasteiger partial charge >= 0.3 is 0 Å². The molecule has 0 aliphatic rings. The summed E-state index contributed by atoms with van der Waals surface area (Å²) in [6.45, 7) is 16.5. The number of rotatable bonds is 9. The third-order valence-corrected chi connectivity index (χ3v) is 9.30. The Hall–Kier alpha value is -4.70. The van der Waals surface area contributed by atoms with E-state index in [4.69, 9.17) is 0 Å². The summed E-state index contributed by atoms with van der Waals surface area (Å²) in [5.41, 5.74) is 9.48. The van der Waals surface area contributed by atoms with E-state index in [1.807, 2.05) is 78.9 Å². The number of aromatic hydroxyl groups is 4. The van der Waals surface area contributed by atoms with Crippen LogP contribution in [0.1, 0.15) is 124 Å². The van der Waals surface area contributed by atoms with Crippen LogP contribution >= 0.6 is 0 Å². The number of benzene rings is 5. The van der Waals surface area contributed by atoms with Crippen molar-refractivity contribution in [3.63, 3.8) is 0 Å². The summed E-state index contributed by atoms with van der Waals surface area (Å²) < 4.78 is 0. The van der Waals surface area contributed by atoms with Gasteiger partial charge in [-0.05, 0) is 122 Å². The molecule has 244 valence electrons. The molecule has 0 saturated heterocycles. The molecule has 0 radical (unpaired) electrons. The van der Waals surface area contributed by atoms with Crippen molar-refractivity contribution >= 4 is 0 Å². The minimum absolute atomic E-state index is 0.0319. The van der Waals surface area contributed by atoms with Crippen molar-refractivity contribution in [1.29, 1.82) is 0 Å². The van der Waals surface area contributed by atoms with E-state index in [0.29, 0.717) is 11.1 Å². The largest absolute Gasteiger partial charge is 0.508 e. The molecule has 0 aromatic heterocycles. The van der Waals surface area contributed by atoms with Gasteiger partial charge in [0.1, 0.15) is 23.0 Å². The molecule has 0 bridgehead atoms. The van der Waals surface area contributed by atoms with Crippen molar-refractivity contribution in [2.75, 3.05) is 0 Å². The van der Waals surface area contributed by atoms with Crippen LogP contribution in [0.2, 0.25) is 0 Å². The third-order valence-electron chi connectivity index (χ3n) is 9.30. The first-order valence-corrected chi connectivity index (χ1v) is 16.7. The summed E-state index contributed by atoms with van der Waals surface area (Å²) in [6.07, 6.45) is 0. The standard InChI is InChI=1S/C43H48O4/c1-24(2)33-18-29(14-16-39(33)44)31-20-35(26(5)6)42(46)37(22-31)41(28-12-10-9-11-13-28)38-23-32(21-36(27(7)8)43(38)47)30-15-17-40(45)34(19-30)25(3)4/h9-27,41,44-47H,1-8H3. The Kier molecular flexibility index (Phi) is 9.72. The lowest BCUT2D eigenvalue weighted by Crippen LogP contribution is -2.08. The zero-order chi connectivity index (χ0) is 34.2. The van der Waals surface area contributed by atoms with Crippen LogP contribution in [0.15, 0.2) is 91.0 Å². The molecule has 0 fully saturated rings. The highest BCUT2D eigenvalue weighted by molar-refractivity contribution is 5.74. The zero-order valence-corrected chi connectivity index (χ0v) is 28.8. The second-order valence-electron chi connectivity index (χ2n) is 14.0. The van der Waals surface area contributed by atoms with Gasteiger partial charge in [0.05, 0.1) is 0 Å². The Labute approximate surface area is 280 Å². The molecule has 0 saturated carbocycles. The quantitative estimate of drug-likeness (QED) is 0.122. The maximum atomic E-state index is 12.0. The molecule has 4 N–H and O–H groups in total. The van der Waals surface area contributed by atoms with Gasteiger partial charge in [0, 0.05) is 17.0 Å². The highest BCUT2D eigenvalue weighted by atomic mass is 16.3. The second-order valence-corrected chi connectivity index (χ2v) is 14.0. The summed E-state index contributed by atoms with van der Waals surface area (Å²) in [6, 6.07) is 29.6. The molecule has 0 spiro atoms. The van der Waals surface area contributed by atoms with Gasteiger partial charge in [0.15, 0.2) is 0 Å². The van der Waals surface area contributed by atoms with Gasteiger partial charge in [-0.15, -0.1) is 0 Å². The van der Waals surface area contributed by atoms with E-state index >= 15 is 0 Å². The highest BCUT2D eigenvalue weighted by Gasteiger charge is 2.28. The Morgan fingerprint density at radius 3 is 1.06 bits per heavy atom. The molecule has 5 aromatic carbocycles. The topological polar surface area (TPSA) is 80.9 Å². The van der Waals surface area contributed by atoms with Crippen molar-refractivity contribution in [2.45, 2.75) is 85.0 Å². The summed E-state index contributed by atoms with van der Waals surface area (Å²) in [5, 5.41) is 45.3. The molecule has 0 aliphatic carbocycles. The Balaban J connectivity index is 1.84. The molecule has 47 heavy (non-hydrogen) atoms. The molecular formula is C43H48O4. The van der Waals surface area contributed by atoms with E-state index in [0.717, 1.165) is 50.1 Å². The maximum absolute atomic E-state index is 12.0. The Morgan fingerprint density at radius 2 is 0.702 bits per heavy atom. The first kappa shape index (κ1) is 33.7. The second kappa shape index (κ2) is 13.6. The van der Waals surface area contributed by atoms with Crippen LogP contribution in [0.25, 0.3) is 22.3 Å². The smallest absolute Gasteiger partial charge is 0.123 e. The van der Waals surface area contributed by atoms with E-state index in [-0.39, 0.29) is 46.7 Å². The van der Waals surface area contributed by atoms with Gasteiger partial charge in [-0.25, -0.2) is 0 Å². The van der Waals surface area contributed by atoms with Crippen LogP contribution in [0.3, 0.4) is 0 Å². The van der Waals surface area contributed by atoms with Gasteiger partial charge in [-0.2, -0.15) is 0 Å². The van der Waals surface area contributed by atoms with Crippen LogP contribution in [-0.2, 0) is 0 Å². The van der Waals surface area contributed by atoms with Crippen molar-refractivity contribution in [3.8, 4) is 45.3 Å². The van der Waals surface area contributed by atoms with Crippen LogP contribution in [-0.4, -0.2) is 20.4 Å². The fourth-order valence-corrected chi connectivity index (χ4v) is 6.58. The summed E-state index contributed by atoms with van der Waals surface area (Å²) in [4.78, 5) is 0.